The molecular formula is C15H17N5O2. The summed E-state index contributed by atoms with van der Waals surface area (Å²) in [6.07, 6.45) is 6.63. The summed E-state index contributed by atoms with van der Waals surface area (Å²) in [6.45, 7) is 3.13. The Hall–Kier alpha value is -2.31. The minimum Gasteiger partial charge on any atom is -0.341 e. The fourth-order valence-corrected chi connectivity index (χ4v) is 2.70. The maximum Gasteiger partial charge on any atom is 0.228 e. The number of likely N-dealkylation sites (tertiary alicyclic amines) is 1. The van der Waals surface area contributed by atoms with Gasteiger partial charge >= 0.3 is 0 Å². The highest BCUT2D eigenvalue weighted by Crippen LogP contribution is 2.39. The molecule has 0 aromatic carbocycles. The van der Waals surface area contributed by atoms with Gasteiger partial charge < -0.3 is 4.90 Å². The summed E-state index contributed by atoms with van der Waals surface area (Å²) < 4.78 is 4.61. The van der Waals surface area contributed by atoms with Gasteiger partial charge in [0.1, 0.15) is 17.2 Å². The van der Waals surface area contributed by atoms with Gasteiger partial charge in [0.05, 0.1) is 12.3 Å². The molecule has 3 heterocycles. The van der Waals surface area contributed by atoms with Crippen LogP contribution in [0, 0.1) is 6.92 Å². The summed E-state index contributed by atoms with van der Waals surface area (Å²) in [5.41, 5.74) is 2.52. The predicted molar refractivity (Wildman–Crippen MR) is 76.1 cm³/mol. The number of amides is 1. The van der Waals surface area contributed by atoms with Crippen molar-refractivity contribution in [2.75, 3.05) is 13.1 Å². The van der Waals surface area contributed by atoms with E-state index in [0.717, 1.165) is 5.82 Å². The van der Waals surface area contributed by atoms with E-state index in [-0.39, 0.29) is 18.2 Å². The average Bonchev–Trinajstić information content (AvgIpc) is 3.24. The van der Waals surface area contributed by atoms with Gasteiger partial charge in [0.25, 0.3) is 0 Å². The van der Waals surface area contributed by atoms with Crippen molar-refractivity contribution in [2.24, 2.45) is 0 Å². The predicted octanol–water partition coefficient (Wildman–Crippen LogP) is 1.21. The monoisotopic (exact) mass is 299 g/mol. The van der Waals surface area contributed by atoms with Gasteiger partial charge in [0, 0.05) is 25.5 Å². The lowest BCUT2D eigenvalue weighted by molar-refractivity contribution is -0.135. The Morgan fingerprint density at radius 2 is 1.95 bits per heavy atom. The summed E-state index contributed by atoms with van der Waals surface area (Å²) in [4.78, 5) is 22.9. The second-order valence-corrected chi connectivity index (χ2v) is 6.12. The first-order chi connectivity index (χ1) is 10.7. The van der Waals surface area contributed by atoms with E-state index in [1.165, 1.54) is 18.4 Å². The Balaban J connectivity index is 1.33. The van der Waals surface area contributed by atoms with Gasteiger partial charge in [-0.2, -0.15) is 0 Å². The molecule has 0 spiro atoms. The summed E-state index contributed by atoms with van der Waals surface area (Å²) in [5, 5.41) is 7.43. The van der Waals surface area contributed by atoms with E-state index < -0.39 is 0 Å². The molecule has 1 aliphatic heterocycles. The molecule has 1 aliphatic carbocycles. The lowest BCUT2D eigenvalue weighted by atomic mass is 9.98. The third-order valence-electron chi connectivity index (χ3n) is 4.41. The molecule has 2 fully saturated rings. The van der Waals surface area contributed by atoms with Gasteiger partial charge in [-0.3, -0.25) is 4.79 Å². The van der Waals surface area contributed by atoms with Crippen LogP contribution in [0.5, 0.6) is 0 Å². The van der Waals surface area contributed by atoms with E-state index in [9.17, 15) is 4.79 Å². The minimum absolute atomic E-state index is 0.0460. The minimum atomic E-state index is 0.0460. The maximum atomic E-state index is 12.1. The number of nitrogens with zero attached hydrogens (tertiary/aromatic N) is 5. The lowest BCUT2D eigenvalue weighted by Crippen LogP contribution is -2.49. The van der Waals surface area contributed by atoms with Crippen molar-refractivity contribution in [3.8, 4) is 0 Å². The maximum absolute atomic E-state index is 12.1. The summed E-state index contributed by atoms with van der Waals surface area (Å²) in [7, 11) is 0. The van der Waals surface area contributed by atoms with Gasteiger partial charge in [0.15, 0.2) is 0 Å². The zero-order valence-corrected chi connectivity index (χ0v) is 12.4. The van der Waals surface area contributed by atoms with Crippen molar-refractivity contribution < 1.29 is 9.42 Å². The molecule has 1 amide bonds. The first-order valence-electron chi connectivity index (χ1n) is 7.58. The van der Waals surface area contributed by atoms with Gasteiger partial charge in [-0.05, 0) is 31.2 Å². The Morgan fingerprint density at radius 1 is 1.23 bits per heavy atom. The van der Waals surface area contributed by atoms with E-state index in [4.69, 9.17) is 0 Å². The SMILES string of the molecule is Cc1nonc1CC(=O)N1CC(c2ncc(C3CC3)cn2)C1. The van der Waals surface area contributed by atoms with Crippen LogP contribution in [0.3, 0.4) is 0 Å². The molecule has 4 rings (SSSR count). The largest absolute Gasteiger partial charge is 0.341 e. The summed E-state index contributed by atoms with van der Waals surface area (Å²) in [5.74, 6) is 1.80. The number of carbonyl (C=O) groups is 1. The molecule has 0 unspecified atom stereocenters. The number of hydrogen-bond donors (Lipinski definition) is 0. The Kier molecular flexibility index (Phi) is 3.13. The molecular weight excluding hydrogens is 282 g/mol. The third kappa shape index (κ3) is 2.47. The van der Waals surface area contributed by atoms with Crippen LogP contribution in [0.1, 0.15) is 47.5 Å². The molecule has 0 N–H and O–H groups in total. The molecule has 2 aromatic heterocycles. The highest BCUT2D eigenvalue weighted by molar-refractivity contribution is 5.79. The Bertz CT molecular complexity index is 686. The highest BCUT2D eigenvalue weighted by atomic mass is 16.6. The standard InChI is InChI=1S/C15H17N5O2/c1-9-13(19-22-18-9)4-14(21)20-7-12(8-20)15-16-5-11(6-17-15)10-2-3-10/h5-6,10,12H,2-4,7-8H2,1H3. The summed E-state index contributed by atoms with van der Waals surface area (Å²) in [6, 6.07) is 0. The number of hydrogen-bond acceptors (Lipinski definition) is 6. The number of rotatable bonds is 4. The van der Waals surface area contributed by atoms with Gasteiger partial charge in [-0.15, -0.1) is 0 Å². The van der Waals surface area contributed by atoms with Crippen molar-refractivity contribution in [3.05, 3.63) is 35.2 Å². The van der Waals surface area contributed by atoms with Crippen LogP contribution in [0.25, 0.3) is 0 Å². The summed E-state index contributed by atoms with van der Waals surface area (Å²) >= 11 is 0. The molecule has 2 aromatic rings. The van der Waals surface area contributed by atoms with E-state index in [0.29, 0.717) is 30.4 Å². The van der Waals surface area contributed by atoms with Crippen molar-refractivity contribution >= 4 is 5.91 Å². The topological polar surface area (TPSA) is 85.0 Å². The van der Waals surface area contributed by atoms with Gasteiger partial charge in [-0.1, -0.05) is 10.3 Å². The number of carbonyl (C=O) groups excluding carboxylic acids is 1. The van der Waals surface area contributed by atoms with Crippen LogP contribution in [-0.2, 0) is 11.2 Å². The molecule has 1 saturated carbocycles. The molecule has 114 valence electrons. The fourth-order valence-electron chi connectivity index (χ4n) is 2.70. The highest BCUT2D eigenvalue weighted by Gasteiger charge is 2.34. The second-order valence-electron chi connectivity index (χ2n) is 6.12. The van der Waals surface area contributed by atoms with Crippen LogP contribution < -0.4 is 0 Å². The van der Waals surface area contributed by atoms with E-state index >= 15 is 0 Å². The van der Waals surface area contributed by atoms with E-state index in [1.54, 1.807) is 11.8 Å². The van der Waals surface area contributed by atoms with Gasteiger partial charge in [-0.25, -0.2) is 14.6 Å². The van der Waals surface area contributed by atoms with Crippen molar-refractivity contribution in [3.63, 3.8) is 0 Å². The molecule has 7 heteroatoms. The zero-order chi connectivity index (χ0) is 15.1. The first kappa shape index (κ1) is 13.4. The normalized spacial score (nSPS) is 18.3. The van der Waals surface area contributed by atoms with Crippen LogP contribution in [0.2, 0.25) is 0 Å². The van der Waals surface area contributed by atoms with Crippen LogP contribution in [0.15, 0.2) is 17.0 Å². The van der Waals surface area contributed by atoms with Crippen molar-refractivity contribution in [1.29, 1.82) is 0 Å². The van der Waals surface area contributed by atoms with Crippen molar-refractivity contribution in [2.45, 2.75) is 38.0 Å². The molecule has 1 saturated heterocycles. The van der Waals surface area contributed by atoms with Crippen LogP contribution in [0.4, 0.5) is 0 Å². The average molecular weight is 299 g/mol. The van der Waals surface area contributed by atoms with Crippen LogP contribution >= 0.6 is 0 Å². The molecule has 0 bridgehead atoms. The smallest absolute Gasteiger partial charge is 0.228 e. The molecule has 0 radical (unpaired) electrons. The fraction of sp³-hybridized carbons (Fsp3) is 0.533. The van der Waals surface area contributed by atoms with E-state index in [2.05, 4.69) is 24.9 Å². The Morgan fingerprint density at radius 3 is 2.55 bits per heavy atom. The first-order valence-corrected chi connectivity index (χ1v) is 7.58. The number of aryl methyl sites for hydroxylation is 1. The molecule has 0 atom stereocenters. The lowest BCUT2D eigenvalue weighted by Gasteiger charge is -2.38. The number of aromatic nitrogens is 4. The quantitative estimate of drug-likeness (QED) is 0.843. The second kappa shape index (κ2) is 5.15. The third-order valence-corrected chi connectivity index (χ3v) is 4.41. The molecule has 7 nitrogen and oxygen atoms in total. The molecule has 2 aliphatic rings. The molecule has 22 heavy (non-hydrogen) atoms. The van der Waals surface area contributed by atoms with E-state index in [1.807, 2.05) is 12.4 Å². The Labute approximate surface area is 127 Å². The van der Waals surface area contributed by atoms with Gasteiger partial charge in [0.2, 0.25) is 5.91 Å². The van der Waals surface area contributed by atoms with Crippen LogP contribution in [-0.4, -0.2) is 44.2 Å². The zero-order valence-electron chi connectivity index (χ0n) is 12.4. The van der Waals surface area contributed by atoms with Crippen molar-refractivity contribution in [1.82, 2.24) is 25.2 Å².